The van der Waals surface area contributed by atoms with Crippen molar-refractivity contribution in [2.24, 2.45) is 0 Å². The van der Waals surface area contributed by atoms with Crippen LogP contribution in [0, 0.1) is 5.82 Å². The summed E-state index contributed by atoms with van der Waals surface area (Å²) < 4.78 is 13.9. The molecular weight excluding hydrogens is 348 g/mol. The highest BCUT2D eigenvalue weighted by atomic mass is 127. The van der Waals surface area contributed by atoms with Crippen LogP contribution in [0.4, 0.5) is 4.39 Å². The van der Waals surface area contributed by atoms with Crippen molar-refractivity contribution in [1.82, 2.24) is 5.32 Å². The molecule has 3 nitrogen and oxygen atoms in total. The number of phenolic OH excluding ortho intramolecular Hbond substituents is 1. The molecule has 0 bridgehead atoms. The maximum atomic E-state index is 12.7. The number of phenols is 1. The first-order valence-electron chi connectivity index (χ1n) is 5.98. The van der Waals surface area contributed by atoms with Gasteiger partial charge in [0.15, 0.2) is 0 Å². The number of rotatable bonds is 7. The van der Waals surface area contributed by atoms with Gasteiger partial charge in [-0.25, -0.2) is 4.39 Å². The molecule has 18 heavy (non-hydrogen) atoms. The van der Waals surface area contributed by atoms with Crippen LogP contribution in [-0.4, -0.2) is 22.0 Å². The third kappa shape index (κ3) is 5.20. The standard InChI is InChI=1S/C13H17FINO2/c14-10-5-6-11(12(17)9-10)13(18)16-8-4-2-1-3-7-15/h5-6,9,17H,1-4,7-8H2,(H,16,18). The fourth-order valence-corrected chi connectivity index (χ4v) is 2.11. The highest BCUT2D eigenvalue weighted by Crippen LogP contribution is 2.17. The second-order valence-corrected chi connectivity index (χ2v) is 5.10. The highest BCUT2D eigenvalue weighted by Gasteiger charge is 2.10. The van der Waals surface area contributed by atoms with Crippen LogP contribution >= 0.6 is 22.6 Å². The van der Waals surface area contributed by atoms with Gasteiger partial charge in [-0.2, -0.15) is 0 Å². The summed E-state index contributed by atoms with van der Waals surface area (Å²) in [5.74, 6) is -1.23. The minimum Gasteiger partial charge on any atom is -0.507 e. The van der Waals surface area contributed by atoms with Crippen LogP contribution in [0.15, 0.2) is 18.2 Å². The Bertz CT molecular complexity index is 399. The molecule has 0 spiro atoms. The van der Waals surface area contributed by atoms with Gasteiger partial charge in [-0.15, -0.1) is 0 Å². The van der Waals surface area contributed by atoms with E-state index in [1.54, 1.807) is 0 Å². The lowest BCUT2D eigenvalue weighted by atomic mass is 10.1. The molecule has 1 amide bonds. The predicted octanol–water partition coefficient (Wildman–Crippen LogP) is 3.26. The summed E-state index contributed by atoms with van der Waals surface area (Å²) in [5, 5.41) is 12.1. The van der Waals surface area contributed by atoms with E-state index in [9.17, 15) is 14.3 Å². The SMILES string of the molecule is O=C(NCCCCCCI)c1ccc(F)cc1O. The van der Waals surface area contributed by atoms with E-state index in [2.05, 4.69) is 27.9 Å². The van der Waals surface area contributed by atoms with E-state index in [4.69, 9.17) is 0 Å². The number of carbonyl (C=O) groups excluding carboxylic acids is 1. The average molecular weight is 365 g/mol. The average Bonchev–Trinajstić information content (AvgIpc) is 2.33. The monoisotopic (exact) mass is 365 g/mol. The van der Waals surface area contributed by atoms with Gasteiger partial charge in [0, 0.05) is 12.6 Å². The molecule has 0 aliphatic carbocycles. The molecule has 0 fully saturated rings. The van der Waals surface area contributed by atoms with E-state index in [0.29, 0.717) is 6.54 Å². The topological polar surface area (TPSA) is 49.3 Å². The summed E-state index contributed by atoms with van der Waals surface area (Å²) in [5.41, 5.74) is 0.115. The number of hydrogen-bond acceptors (Lipinski definition) is 2. The summed E-state index contributed by atoms with van der Waals surface area (Å²) in [6.45, 7) is 0.580. The van der Waals surface area contributed by atoms with E-state index in [-0.39, 0.29) is 17.2 Å². The van der Waals surface area contributed by atoms with E-state index >= 15 is 0 Å². The van der Waals surface area contributed by atoms with Crippen LogP contribution in [0.5, 0.6) is 5.75 Å². The number of carbonyl (C=O) groups is 1. The van der Waals surface area contributed by atoms with Gasteiger partial charge in [0.2, 0.25) is 0 Å². The molecule has 1 rings (SSSR count). The number of nitrogens with one attached hydrogen (secondary N) is 1. The fourth-order valence-electron chi connectivity index (χ4n) is 1.57. The molecule has 2 N–H and O–H groups in total. The molecule has 1 aromatic rings. The van der Waals surface area contributed by atoms with Gasteiger partial charge in [-0.05, 0) is 29.4 Å². The molecule has 0 unspecified atom stereocenters. The maximum Gasteiger partial charge on any atom is 0.255 e. The molecule has 0 radical (unpaired) electrons. The molecule has 0 aliphatic heterocycles. The fraction of sp³-hybridized carbons (Fsp3) is 0.462. The zero-order valence-corrected chi connectivity index (χ0v) is 12.2. The molecule has 1 aromatic carbocycles. The van der Waals surface area contributed by atoms with E-state index in [0.717, 1.165) is 29.4 Å². The van der Waals surface area contributed by atoms with Crippen LogP contribution in [0.2, 0.25) is 0 Å². The largest absolute Gasteiger partial charge is 0.507 e. The first kappa shape index (κ1) is 15.2. The predicted molar refractivity (Wildman–Crippen MR) is 77.8 cm³/mol. The summed E-state index contributed by atoms with van der Waals surface area (Å²) in [7, 11) is 0. The lowest BCUT2D eigenvalue weighted by molar-refractivity contribution is 0.0950. The zero-order chi connectivity index (χ0) is 13.4. The van der Waals surface area contributed by atoms with Gasteiger partial charge in [-0.1, -0.05) is 35.4 Å². The molecule has 0 aliphatic rings. The first-order valence-corrected chi connectivity index (χ1v) is 7.50. The summed E-state index contributed by atoms with van der Waals surface area (Å²) >= 11 is 2.34. The molecular formula is C13H17FINO2. The molecule has 5 heteroatoms. The summed E-state index contributed by atoms with van der Waals surface area (Å²) in [6, 6.07) is 3.39. The molecule has 0 saturated carbocycles. The highest BCUT2D eigenvalue weighted by molar-refractivity contribution is 14.1. The van der Waals surface area contributed by atoms with Gasteiger partial charge in [0.1, 0.15) is 11.6 Å². The number of hydrogen-bond donors (Lipinski definition) is 2. The zero-order valence-electron chi connectivity index (χ0n) is 10.1. The second kappa shape index (κ2) is 8.29. The summed E-state index contributed by atoms with van der Waals surface area (Å²) in [4.78, 5) is 11.7. The van der Waals surface area contributed by atoms with Crippen LogP contribution in [0.3, 0.4) is 0 Å². The Kier molecular flexibility index (Phi) is 7.00. The van der Waals surface area contributed by atoms with Crippen molar-refractivity contribution >= 4 is 28.5 Å². The third-order valence-corrected chi connectivity index (χ3v) is 3.31. The van der Waals surface area contributed by atoms with Crippen LogP contribution < -0.4 is 5.32 Å². The number of halogens is 2. The molecule has 0 aromatic heterocycles. The van der Waals surface area contributed by atoms with Gasteiger partial charge < -0.3 is 10.4 Å². The Morgan fingerprint density at radius 3 is 2.67 bits per heavy atom. The number of alkyl halides is 1. The van der Waals surface area contributed by atoms with Crippen molar-refractivity contribution in [2.45, 2.75) is 25.7 Å². The minimum absolute atomic E-state index is 0.115. The lowest BCUT2D eigenvalue weighted by Gasteiger charge is -2.06. The Morgan fingerprint density at radius 2 is 2.00 bits per heavy atom. The van der Waals surface area contributed by atoms with Crippen LogP contribution in [0.25, 0.3) is 0 Å². The van der Waals surface area contributed by atoms with Crippen LogP contribution in [0.1, 0.15) is 36.0 Å². The normalized spacial score (nSPS) is 10.3. The Morgan fingerprint density at radius 1 is 1.28 bits per heavy atom. The van der Waals surface area contributed by atoms with E-state index < -0.39 is 5.82 Å². The quantitative estimate of drug-likeness (QED) is 0.443. The second-order valence-electron chi connectivity index (χ2n) is 4.02. The number of aromatic hydroxyl groups is 1. The molecule has 100 valence electrons. The van der Waals surface area contributed by atoms with E-state index in [1.165, 1.54) is 18.9 Å². The molecule has 0 atom stereocenters. The maximum absolute atomic E-state index is 12.7. The van der Waals surface area contributed by atoms with Crippen LogP contribution in [-0.2, 0) is 0 Å². The lowest BCUT2D eigenvalue weighted by Crippen LogP contribution is -2.24. The smallest absolute Gasteiger partial charge is 0.255 e. The molecule has 0 saturated heterocycles. The van der Waals surface area contributed by atoms with Crippen molar-refractivity contribution in [3.63, 3.8) is 0 Å². The number of benzene rings is 1. The van der Waals surface area contributed by atoms with Crippen molar-refractivity contribution in [1.29, 1.82) is 0 Å². The van der Waals surface area contributed by atoms with E-state index in [1.807, 2.05) is 0 Å². The Balaban J connectivity index is 2.32. The van der Waals surface area contributed by atoms with Gasteiger partial charge >= 0.3 is 0 Å². The van der Waals surface area contributed by atoms with Crippen molar-refractivity contribution < 1.29 is 14.3 Å². The number of unbranched alkanes of at least 4 members (excludes halogenated alkanes) is 3. The van der Waals surface area contributed by atoms with Gasteiger partial charge in [0.05, 0.1) is 5.56 Å². The molecule has 0 heterocycles. The van der Waals surface area contributed by atoms with Crippen molar-refractivity contribution in [2.75, 3.05) is 11.0 Å². The van der Waals surface area contributed by atoms with Crippen molar-refractivity contribution in [3.05, 3.63) is 29.6 Å². The van der Waals surface area contributed by atoms with Crippen molar-refractivity contribution in [3.8, 4) is 5.75 Å². The number of amides is 1. The first-order chi connectivity index (χ1) is 8.65. The Labute approximate surface area is 120 Å². The summed E-state index contributed by atoms with van der Waals surface area (Å²) in [6.07, 6.45) is 4.37. The van der Waals surface area contributed by atoms with Gasteiger partial charge in [-0.3, -0.25) is 4.79 Å². The van der Waals surface area contributed by atoms with Gasteiger partial charge in [0.25, 0.3) is 5.91 Å². The minimum atomic E-state index is -0.553. The third-order valence-electron chi connectivity index (χ3n) is 2.55. The Hall–Kier alpha value is -0.850.